The van der Waals surface area contributed by atoms with Gasteiger partial charge in [0.15, 0.2) is 0 Å². The third-order valence-electron chi connectivity index (χ3n) is 0.720. The van der Waals surface area contributed by atoms with Gasteiger partial charge in [-0.05, 0) is 11.6 Å². The second-order valence-electron chi connectivity index (χ2n) is 1.48. The zero-order valence-electron chi connectivity index (χ0n) is 4.50. The Morgan fingerprint density at radius 1 is 1.78 bits per heavy atom. The van der Waals surface area contributed by atoms with E-state index in [-0.39, 0.29) is 11.1 Å². The van der Waals surface area contributed by atoms with Crippen LogP contribution in [0.5, 0.6) is 0 Å². The Morgan fingerprint density at radius 2 is 2.44 bits per heavy atom. The first kappa shape index (κ1) is 6.18. The first-order valence-corrected chi connectivity index (χ1v) is 2.58. The van der Waals surface area contributed by atoms with Crippen molar-refractivity contribution in [3.05, 3.63) is 12.0 Å². The van der Waals surface area contributed by atoms with Crippen molar-refractivity contribution in [3.8, 4) is 0 Å². The Balaban J connectivity index is 2.74. The van der Waals surface area contributed by atoms with Crippen LogP contribution in [-0.2, 0) is 0 Å². The standard InChI is InChI=1S/C3H6ClN5/c4-3-7-2(5)1-9(6)8-3/h1H,5-6H2,(H,7,8). The van der Waals surface area contributed by atoms with Crippen molar-refractivity contribution in [2.75, 3.05) is 0 Å². The van der Waals surface area contributed by atoms with Gasteiger partial charge in [-0.2, -0.15) is 4.99 Å². The molecule has 6 heteroatoms. The summed E-state index contributed by atoms with van der Waals surface area (Å²) in [5.41, 5.74) is 7.72. The number of hydrogen-bond acceptors (Lipinski definition) is 5. The quantitative estimate of drug-likeness (QED) is 0.304. The van der Waals surface area contributed by atoms with Gasteiger partial charge in [-0.3, -0.25) is 5.43 Å². The van der Waals surface area contributed by atoms with Crippen LogP contribution in [0.3, 0.4) is 0 Å². The monoisotopic (exact) mass is 147 g/mol. The van der Waals surface area contributed by atoms with E-state index in [2.05, 4.69) is 10.4 Å². The maximum atomic E-state index is 5.40. The second kappa shape index (κ2) is 2.12. The summed E-state index contributed by atoms with van der Waals surface area (Å²) < 4.78 is 0. The van der Waals surface area contributed by atoms with Crippen molar-refractivity contribution in [2.24, 2.45) is 16.6 Å². The summed E-state index contributed by atoms with van der Waals surface area (Å²) in [7, 11) is 0. The van der Waals surface area contributed by atoms with E-state index in [1.54, 1.807) is 0 Å². The number of nitrogens with one attached hydrogen (secondary N) is 1. The number of hydrazine groups is 2. The molecule has 9 heavy (non-hydrogen) atoms. The van der Waals surface area contributed by atoms with Crippen molar-refractivity contribution < 1.29 is 0 Å². The van der Waals surface area contributed by atoms with E-state index in [0.717, 1.165) is 5.12 Å². The zero-order valence-corrected chi connectivity index (χ0v) is 5.26. The lowest BCUT2D eigenvalue weighted by molar-refractivity contribution is 0.341. The van der Waals surface area contributed by atoms with Crippen molar-refractivity contribution in [1.29, 1.82) is 0 Å². The molecule has 0 unspecified atom stereocenters. The first-order chi connectivity index (χ1) is 4.18. The van der Waals surface area contributed by atoms with Gasteiger partial charge >= 0.3 is 0 Å². The van der Waals surface area contributed by atoms with Crippen molar-refractivity contribution in [2.45, 2.75) is 0 Å². The van der Waals surface area contributed by atoms with Crippen molar-refractivity contribution in [3.63, 3.8) is 0 Å². The third kappa shape index (κ3) is 1.48. The van der Waals surface area contributed by atoms with Crippen LogP contribution in [0.25, 0.3) is 0 Å². The summed E-state index contributed by atoms with van der Waals surface area (Å²) in [6.45, 7) is 0. The molecular formula is C3H6ClN5. The molecule has 0 saturated carbocycles. The summed E-state index contributed by atoms with van der Waals surface area (Å²) in [5.74, 6) is 5.50. The van der Waals surface area contributed by atoms with E-state index in [1.807, 2.05) is 0 Å². The van der Waals surface area contributed by atoms with Gasteiger partial charge in [0.05, 0.1) is 6.20 Å². The highest BCUT2D eigenvalue weighted by Crippen LogP contribution is 1.96. The molecule has 5 nitrogen and oxygen atoms in total. The van der Waals surface area contributed by atoms with Crippen LogP contribution in [0.1, 0.15) is 0 Å². The third-order valence-corrected chi connectivity index (χ3v) is 0.889. The highest BCUT2D eigenvalue weighted by molar-refractivity contribution is 6.64. The Kier molecular flexibility index (Phi) is 1.46. The molecular weight excluding hydrogens is 142 g/mol. The van der Waals surface area contributed by atoms with Gasteiger partial charge in [0.25, 0.3) is 0 Å². The molecule has 50 valence electrons. The minimum absolute atomic E-state index is 0.164. The van der Waals surface area contributed by atoms with Crippen LogP contribution in [0.2, 0.25) is 0 Å². The highest BCUT2D eigenvalue weighted by Gasteiger charge is 2.03. The number of hydrogen-bond donors (Lipinski definition) is 3. The number of aliphatic imine (C=N–C) groups is 1. The van der Waals surface area contributed by atoms with Gasteiger partial charge in [-0.1, -0.05) is 0 Å². The minimum atomic E-state index is 0.164. The molecule has 0 saturated heterocycles. The van der Waals surface area contributed by atoms with Gasteiger partial charge in [0, 0.05) is 0 Å². The van der Waals surface area contributed by atoms with Crippen LogP contribution in [0.15, 0.2) is 17.0 Å². The van der Waals surface area contributed by atoms with Crippen molar-refractivity contribution in [1.82, 2.24) is 10.5 Å². The van der Waals surface area contributed by atoms with E-state index < -0.39 is 0 Å². The number of rotatable bonds is 0. The van der Waals surface area contributed by atoms with Gasteiger partial charge in [-0.15, -0.1) is 0 Å². The van der Waals surface area contributed by atoms with Crippen LogP contribution >= 0.6 is 11.6 Å². The maximum absolute atomic E-state index is 5.40. The van der Waals surface area contributed by atoms with Gasteiger partial charge in [0.1, 0.15) is 5.82 Å². The number of halogens is 1. The van der Waals surface area contributed by atoms with Crippen molar-refractivity contribution >= 4 is 16.9 Å². The molecule has 0 aliphatic carbocycles. The molecule has 0 aromatic heterocycles. The van der Waals surface area contributed by atoms with Gasteiger partial charge < -0.3 is 5.73 Å². The van der Waals surface area contributed by atoms with E-state index in [4.69, 9.17) is 23.2 Å². The van der Waals surface area contributed by atoms with E-state index in [9.17, 15) is 0 Å². The van der Waals surface area contributed by atoms with Crippen LogP contribution in [0.4, 0.5) is 0 Å². The summed E-state index contributed by atoms with van der Waals surface area (Å²) in [6.07, 6.45) is 1.41. The normalized spacial score (nSPS) is 18.2. The van der Waals surface area contributed by atoms with E-state index in [1.165, 1.54) is 6.20 Å². The number of nitrogens with zero attached hydrogens (tertiary/aromatic N) is 2. The predicted molar refractivity (Wildman–Crippen MR) is 34.7 cm³/mol. The average Bonchev–Trinajstić information content (AvgIpc) is 1.59. The van der Waals surface area contributed by atoms with Gasteiger partial charge in [-0.25, -0.2) is 11.0 Å². The molecule has 1 aliphatic heterocycles. The summed E-state index contributed by atoms with van der Waals surface area (Å²) in [6, 6.07) is 0. The Labute approximate surface area is 56.9 Å². The van der Waals surface area contributed by atoms with Crippen LogP contribution < -0.4 is 17.0 Å². The fraction of sp³-hybridized carbons (Fsp3) is 0. The predicted octanol–water partition coefficient (Wildman–Crippen LogP) is -0.967. The molecule has 5 N–H and O–H groups in total. The number of nitrogens with two attached hydrogens (primary N) is 2. The Morgan fingerprint density at radius 3 is 2.89 bits per heavy atom. The molecule has 1 heterocycles. The Bertz CT molecular complexity index is 173. The topological polar surface area (TPSA) is 79.7 Å². The minimum Gasteiger partial charge on any atom is -0.382 e. The summed E-state index contributed by atoms with van der Waals surface area (Å²) in [4.78, 5) is 3.62. The molecule has 0 radical (unpaired) electrons. The molecule has 0 aromatic carbocycles. The maximum Gasteiger partial charge on any atom is 0.218 e. The first-order valence-electron chi connectivity index (χ1n) is 2.20. The largest absolute Gasteiger partial charge is 0.382 e. The lowest BCUT2D eigenvalue weighted by Gasteiger charge is -2.18. The van der Waals surface area contributed by atoms with Crippen LogP contribution in [-0.4, -0.2) is 10.4 Å². The zero-order chi connectivity index (χ0) is 6.85. The lowest BCUT2D eigenvalue weighted by Crippen LogP contribution is -2.44. The molecule has 0 bridgehead atoms. The molecule has 0 aromatic rings. The molecule has 0 amide bonds. The Hall–Kier alpha value is -0.940. The fourth-order valence-electron chi connectivity index (χ4n) is 0.449. The smallest absolute Gasteiger partial charge is 0.218 e. The molecule has 0 fully saturated rings. The van der Waals surface area contributed by atoms with Gasteiger partial charge in [0.2, 0.25) is 5.29 Å². The molecule has 0 atom stereocenters. The van der Waals surface area contributed by atoms with E-state index in [0.29, 0.717) is 0 Å². The summed E-state index contributed by atoms with van der Waals surface area (Å²) >= 11 is 5.40. The lowest BCUT2D eigenvalue weighted by atomic mass is 10.7. The average molecular weight is 148 g/mol. The molecule has 1 rings (SSSR count). The highest BCUT2D eigenvalue weighted by atomic mass is 35.5. The van der Waals surface area contributed by atoms with E-state index >= 15 is 0 Å². The summed E-state index contributed by atoms with van der Waals surface area (Å²) in [5, 5.41) is 1.29. The molecule has 0 spiro atoms. The van der Waals surface area contributed by atoms with Crippen LogP contribution in [0, 0.1) is 0 Å². The fourth-order valence-corrected chi connectivity index (χ4v) is 0.644. The second-order valence-corrected chi connectivity index (χ2v) is 1.83. The SMILES string of the molecule is NC1=CN(N)NC(Cl)=N1. The number of amidine groups is 1. The molecule has 1 aliphatic rings.